The highest BCUT2D eigenvalue weighted by atomic mass is 32.2. The predicted molar refractivity (Wildman–Crippen MR) is 85.3 cm³/mol. The number of sulfone groups is 1. The maximum atomic E-state index is 11.9. The van der Waals surface area contributed by atoms with Gasteiger partial charge in [0, 0.05) is 31.8 Å². The molecule has 0 spiro atoms. The van der Waals surface area contributed by atoms with Crippen LogP contribution in [0.2, 0.25) is 0 Å². The minimum absolute atomic E-state index is 0.0580. The number of aromatic nitrogens is 2. The summed E-state index contributed by atoms with van der Waals surface area (Å²) < 4.78 is 25.7. The molecule has 1 N–H and O–H groups in total. The molecule has 2 rings (SSSR count). The number of aryl methyl sites for hydroxylation is 1. The van der Waals surface area contributed by atoms with Gasteiger partial charge in [0.2, 0.25) is 0 Å². The SMILES string of the molecule is Cn1c(CCNC(C)(C)C)nc2c(S(C)(=O)=O)cccc21. The number of para-hydroxylation sites is 1. The Morgan fingerprint density at radius 3 is 2.52 bits per heavy atom. The van der Waals surface area contributed by atoms with E-state index in [9.17, 15) is 8.42 Å². The van der Waals surface area contributed by atoms with Crippen molar-refractivity contribution in [3.63, 3.8) is 0 Å². The molecule has 0 fully saturated rings. The number of hydrogen-bond acceptors (Lipinski definition) is 4. The zero-order valence-corrected chi connectivity index (χ0v) is 14.1. The van der Waals surface area contributed by atoms with Crippen molar-refractivity contribution in [1.82, 2.24) is 14.9 Å². The maximum absolute atomic E-state index is 11.9. The lowest BCUT2D eigenvalue weighted by molar-refractivity contribution is 0.426. The van der Waals surface area contributed by atoms with Gasteiger partial charge in [0.15, 0.2) is 9.84 Å². The van der Waals surface area contributed by atoms with Gasteiger partial charge in [-0.1, -0.05) is 6.07 Å². The highest BCUT2D eigenvalue weighted by Gasteiger charge is 2.17. The van der Waals surface area contributed by atoms with Crippen LogP contribution in [0.3, 0.4) is 0 Å². The van der Waals surface area contributed by atoms with Gasteiger partial charge in [-0.05, 0) is 32.9 Å². The predicted octanol–water partition coefficient (Wildman–Crippen LogP) is 1.91. The molecule has 1 heterocycles. The van der Waals surface area contributed by atoms with Gasteiger partial charge in [0.25, 0.3) is 0 Å². The first kappa shape index (κ1) is 16.0. The summed E-state index contributed by atoms with van der Waals surface area (Å²) in [5.74, 6) is 0.887. The van der Waals surface area contributed by atoms with Crippen LogP contribution in [0.15, 0.2) is 23.1 Å². The highest BCUT2D eigenvalue weighted by molar-refractivity contribution is 7.91. The third-order valence-corrected chi connectivity index (χ3v) is 4.50. The van der Waals surface area contributed by atoms with Gasteiger partial charge in [-0.25, -0.2) is 13.4 Å². The molecule has 6 heteroatoms. The Bertz CT molecular complexity index is 755. The van der Waals surface area contributed by atoms with Crippen molar-refractivity contribution < 1.29 is 8.42 Å². The normalized spacial score (nSPS) is 13.0. The molecule has 116 valence electrons. The summed E-state index contributed by atoms with van der Waals surface area (Å²) in [6.45, 7) is 7.14. The van der Waals surface area contributed by atoms with Gasteiger partial charge < -0.3 is 9.88 Å². The lowest BCUT2D eigenvalue weighted by Gasteiger charge is -2.20. The largest absolute Gasteiger partial charge is 0.331 e. The van der Waals surface area contributed by atoms with Crippen LogP contribution in [0.5, 0.6) is 0 Å². The maximum Gasteiger partial charge on any atom is 0.177 e. The molecule has 0 aliphatic rings. The van der Waals surface area contributed by atoms with Gasteiger partial charge in [-0.15, -0.1) is 0 Å². The van der Waals surface area contributed by atoms with Crippen molar-refractivity contribution in [2.24, 2.45) is 7.05 Å². The Morgan fingerprint density at radius 2 is 1.95 bits per heavy atom. The minimum Gasteiger partial charge on any atom is -0.331 e. The molecule has 1 aromatic heterocycles. The first-order valence-corrected chi connectivity index (χ1v) is 8.88. The van der Waals surface area contributed by atoms with Crippen molar-refractivity contribution >= 4 is 20.9 Å². The van der Waals surface area contributed by atoms with E-state index in [2.05, 4.69) is 31.1 Å². The first-order valence-electron chi connectivity index (χ1n) is 6.99. The molecular formula is C15H23N3O2S. The molecule has 0 amide bonds. The number of hydrogen-bond donors (Lipinski definition) is 1. The summed E-state index contributed by atoms with van der Waals surface area (Å²) in [5, 5.41) is 3.42. The quantitative estimate of drug-likeness (QED) is 0.937. The zero-order valence-electron chi connectivity index (χ0n) is 13.3. The zero-order chi connectivity index (χ0) is 15.8. The van der Waals surface area contributed by atoms with Crippen LogP contribution >= 0.6 is 0 Å². The highest BCUT2D eigenvalue weighted by Crippen LogP contribution is 2.23. The van der Waals surface area contributed by atoms with E-state index in [1.165, 1.54) is 6.26 Å². The van der Waals surface area contributed by atoms with Gasteiger partial charge in [-0.3, -0.25) is 0 Å². The van der Waals surface area contributed by atoms with Crippen LogP contribution in [0.1, 0.15) is 26.6 Å². The van der Waals surface area contributed by atoms with Crippen molar-refractivity contribution in [3.8, 4) is 0 Å². The third kappa shape index (κ3) is 3.63. The fourth-order valence-corrected chi connectivity index (χ4v) is 3.14. The Balaban J connectivity index is 2.37. The monoisotopic (exact) mass is 309 g/mol. The van der Waals surface area contributed by atoms with Crippen molar-refractivity contribution in [2.75, 3.05) is 12.8 Å². The number of benzene rings is 1. The van der Waals surface area contributed by atoms with Crippen LogP contribution in [-0.4, -0.2) is 36.3 Å². The Morgan fingerprint density at radius 1 is 1.29 bits per heavy atom. The standard InChI is InChI=1S/C15H23N3O2S/c1-15(2,3)16-10-9-13-17-14-11(18(13)4)7-6-8-12(14)21(5,19)20/h6-8,16H,9-10H2,1-5H3. The topological polar surface area (TPSA) is 64.0 Å². The molecule has 0 aliphatic carbocycles. The summed E-state index contributed by atoms with van der Waals surface area (Å²) in [7, 11) is -1.34. The fourth-order valence-electron chi connectivity index (χ4n) is 2.31. The molecule has 0 radical (unpaired) electrons. The van der Waals surface area contributed by atoms with Crippen molar-refractivity contribution in [2.45, 2.75) is 37.6 Å². The molecule has 0 atom stereocenters. The molecule has 0 saturated carbocycles. The molecule has 21 heavy (non-hydrogen) atoms. The lowest BCUT2D eigenvalue weighted by Crippen LogP contribution is -2.37. The molecule has 0 bridgehead atoms. The van der Waals surface area contributed by atoms with Crippen LogP contribution in [0, 0.1) is 0 Å². The second-order valence-electron chi connectivity index (χ2n) is 6.41. The van der Waals surface area contributed by atoms with Gasteiger partial charge >= 0.3 is 0 Å². The molecule has 0 saturated heterocycles. The summed E-state index contributed by atoms with van der Waals surface area (Å²) in [4.78, 5) is 4.84. The van der Waals surface area contributed by atoms with Crippen LogP contribution in [0.4, 0.5) is 0 Å². The van der Waals surface area contributed by atoms with E-state index in [-0.39, 0.29) is 5.54 Å². The van der Waals surface area contributed by atoms with Gasteiger partial charge in [-0.2, -0.15) is 0 Å². The second kappa shape index (κ2) is 5.42. The van der Waals surface area contributed by atoms with E-state index in [0.717, 1.165) is 24.3 Å². The van der Waals surface area contributed by atoms with Gasteiger partial charge in [0.1, 0.15) is 11.3 Å². The smallest absolute Gasteiger partial charge is 0.177 e. The number of rotatable bonds is 4. The molecular weight excluding hydrogens is 286 g/mol. The van der Waals surface area contributed by atoms with E-state index < -0.39 is 9.84 Å². The number of imidazole rings is 1. The van der Waals surface area contributed by atoms with Crippen molar-refractivity contribution in [3.05, 3.63) is 24.0 Å². The molecule has 0 unspecified atom stereocenters. The summed E-state index contributed by atoms with van der Waals surface area (Å²) >= 11 is 0. The first-order chi connectivity index (χ1) is 9.59. The Kier molecular flexibility index (Phi) is 4.13. The Hall–Kier alpha value is -1.40. The number of fused-ring (bicyclic) bond motifs is 1. The van der Waals surface area contributed by atoms with E-state index >= 15 is 0 Å². The molecule has 2 aromatic rings. The average molecular weight is 309 g/mol. The molecule has 5 nitrogen and oxygen atoms in total. The van der Waals surface area contributed by atoms with E-state index in [1.54, 1.807) is 12.1 Å². The fraction of sp³-hybridized carbons (Fsp3) is 0.533. The summed E-state index contributed by atoms with van der Waals surface area (Å²) in [5.41, 5.74) is 1.47. The van der Waals surface area contributed by atoms with Crippen molar-refractivity contribution in [1.29, 1.82) is 0 Å². The Labute approximate surface area is 126 Å². The van der Waals surface area contributed by atoms with E-state index in [0.29, 0.717) is 10.4 Å². The summed E-state index contributed by atoms with van der Waals surface area (Å²) in [6, 6.07) is 5.27. The van der Waals surface area contributed by atoms with E-state index in [4.69, 9.17) is 0 Å². The lowest BCUT2D eigenvalue weighted by atomic mass is 10.1. The van der Waals surface area contributed by atoms with Crippen LogP contribution in [0.25, 0.3) is 11.0 Å². The average Bonchev–Trinajstić information content (AvgIpc) is 2.64. The van der Waals surface area contributed by atoms with Gasteiger partial charge in [0.05, 0.1) is 10.4 Å². The molecule has 1 aromatic carbocycles. The minimum atomic E-state index is -3.27. The van der Waals surface area contributed by atoms with Crippen LogP contribution in [-0.2, 0) is 23.3 Å². The number of nitrogens with zero attached hydrogens (tertiary/aromatic N) is 2. The second-order valence-corrected chi connectivity index (χ2v) is 8.39. The summed E-state index contributed by atoms with van der Waals surface area (Å²) in [6.07, 6.45) is 1.98. The number of nitrogens with one attached hydrogen (secondary N) is 1. The van der Waals surface area contributed by atoms with E-state index in [1.807, 2.05) is 17.7 Å². The molecule has 0 aliphatic heterocycles. The third-order valence-electron chi connectivity index (χ3n) is 3.37. The van der Waals surface area contributed by atoms with Crippen LogP contribution < -0.4 is 5.32 Å².